The third kappa shape index (κ3) is 6.32. The number of aliphatic hydroxyl groups is 1. The zero-order valence-electron chi connectivity index (χ0n) is 20.5. The van der Waals surface area contributed by atoms with Gasteiger partial charge in [0.05, 0.1) is 0 Å². The van der Waals surface area contributed by atoms with Crippen molar-refractivity contribution in [2.24, 2.45) is 11.3 Å². The van der Waals surface area contributed by atoms with Gasteiger partial charge in [0, 0.05) is 0 Å². The first-order valence-electron chi connectivity index (χ1n) is 13.1. The Morgan fingerprint density at radius 1 is 1.18 bits per heavy atom. The molecular formula is C28H43AsN2O2. The van der Waals surface area contributed by atoms with E-state index in [2.05, 4.69) is 28.2 Å². The summed E-state index contributed by atoms with van der Waals surface area (Å²) in [4.78, 5) is 7.35. The van der Waals surface area contributed by atoms with Crippen LogP contribution in [0.2, 0.25) is 0 Å². The van der Waals surface area contributed by atoms with Crippen LogP contribution in [0.25, 0.3) is 10.9 Å². The van der Waals surface area contributed by atoms with Gasteiger partial charge < -0.3 is 0 Å². The molecule has 1 aromatic heterocycles. The summed E-state index contributed by atoms with van der Waals surface area (Å²) >= 11 is 1.73. The quantitative estimate of drug-likeness (QED) is 0.465. The summed E-state index contributed by atoms with van der Waals surface area (Å²) in [6.45, 7) is 3.91. The topological polar surface area (TPSA) is 45.6 Å². The SMILES string of the molecule is COc1ccc2ncc(C[AsH2])c(CCCC3(CO)CCN(CCC4CCCCC4)CC3)c2c1. The number of piperidine rings is 1. The average molecular weight is 515 g/mol. The molecule has 1 unspecified atom stereocenters. The Bertz CT molecular complexity index is 884. The molecule has 1 saturated carbocycles. The maximum atomic E-state index is 10.4. The van der Waals surface area contributed by atoms with Crippen LogP contribution >= 0.6 is 0 Å². The van der Waals surface area contributed by atoms with Gasteiger partial charge in [-0.2, -0.15) is 0 Å². The standard InChI is InChI=1S/C28H43AsN2O2/c1-33-24-9-10-27-26(18-24)25(23(19-29)20-30-27)8-5-12-28(21-32)13-16-31(17-14-28)15-11-22-6-3-2-4-7-22/h9-10,18,20,22,32H,2-8,11-17,19,21,29H2,1H3. The molecule has 1 N–H and O–H groups in total. The van der Waals surface area contributed by atoms with E-state index in [1.807, 2.05) is 6.07 Å². The van der Waals surface area contributed by atoms with Gasteiger partial charge in [0.1, 0.15) is 0 Å². The van der Waals surface area contributed by atoms with Gasteiger partial charge in [-0.3, -0.25) is 0 Å². The molecule has 2 aromatic rings. The maximum absolute atomic E-state index is 10.4. The summed E-state index contributed by atoms with van der Waals surface area (Å²) in [5, 5.41) is 12.7. The number of benzene rings is 1. The number of methoxy groups -OCH3 is 1. The number of hydrogen-bond donors (Lipinski definition) is 1. The van der Waals surface area contributed by atoms with E-state index in [0.717, 1.165) is 67.6 Å². The molecular weight excluding hydrogens is 471 g/mol. The summed E-state index contributed by atoms with van der Waals surface area (Å²) in [6, 6.07) is 6.22. The molecule has 1 atom stereocenters. The van der Waals surface area contributed by atoms with Crippen molar-refractivity contribution < 1.29 is 9.84 Å². The van der Waals surface area contributed by atoms with Crippen LogP contribution in [-0.4, -0.2) is 65.2 Å². The fourth-order valence-corrected chi connectivity index (χ4v) is 6.82. The van der Waals surface area contributed by atoms with Gasteiger partial charge in [0.15, 0.2) is 0 Å². The molecule has 2 heterocycles. The average Bonchev–Trinajstić information content (AvgIpc) is 2.88. The van der Waals surface area contributed by atoms with Crippen molar-refractivity contribution >= 4 is 27.8 Å². The van der Waals surface area contributed by atoms with Crippen molar-refractivity contribution in [3.05, 3.63) is 35.5 Å². The molecule has 0 radical (unpaired) electrons. The van der Waals surface area contributed by atoms with Crippen molar-refractivity contribution in [3.63, 3.8) is 0 Å². The van der Waals surface area contributed by atoms with Gasteiger partial charge >= 0.3 is 171 Å². The molecule has 1 aliphatic carbocycles. The van der Waals surface area contributed by atoms with E-state index in [4.69, 9.17) is 4.74 Å². The van der Waals surface area contributed by atoms with Crippen LogP contribution in [0, 0.1) is 11.3 Å². The second-order valence-electron chi connectivity index (χ2n) is 10.5. The third-order valence-corrected chi connectivity index (χ3v) is 9.38. The summed E-state index contributed by atoms with van der Waals surface area (Å²) < 4.78 is 5.49. The predicted molar refractivity (Wildman–Crippen MR) is 140 cm³/mol. The number of nitrogens with zero attached hydrogens (tertiary/aromatic N) is 2. The van der Waals surface area contributed by atoms with Gasteiger partial charge in [0.25, 0.3) is 0 Å². The third-order valence-electron chi connectivity index (χ3n) is 8.46. The molecule has 0 spiro atoms. The Morgan fingerprint density at radius 2 is 1.97 bits per heavy atom. The number of fused-ring (bicyclic) bond motifs is 1. The van der Waals surface area contributed by atoms with Gasteiger partial charge in [-0.1, -0.05) is 32.1 Å². The second-order valence-corrected chi connectivity index (χ2v) is 11.4. The molecule has 1 aromatic carbocycles. The van der Waals surface area contributed by atoms with Gasteiger partial charge in [-0.15, -0.1) is 0 Å². The number of pyridine rings is 1. The molecule has 2 fully saturated rings. The van der Waals surface area contributed by atoms with Crippen LogP contribution in [0.4, 0.5) is 0 Å². The van der Waals surface area contributed by atoms with Crippen LogP contribution in [0.3, 0.4) is 0 Å². The molecule has 1 saturated heterocycles. The molecule has 2 aliphatic rings. The van der Waals surface area contributed by atoms with E-state index in [0.29, 0.717) is 6.61 Å². The van der Waals surface area contributed by atoms with Gasteiger partial charge in [-0.25, -0.2) is 0 Å². The molecule has 1 aliphatic heterocycles. The van der Waals surface area contributed by atoms with Crippen LogP contribution < -0.4 is 4.74 Å². The number of ether oxygens (including phenoxy) is 1. The van der Waals surface area contributed by atoms with Crippen molar-refractivity contribution in [3.8, 4) is 5.75 Å². The molecule has 0 bridgehead atoms. The summed E-state index contributed by atoms with van der Waals surface area (Å²) in [6.07, 6.45) is 16.3. The summed E-state index contributed by atoms with van der Waals surface area (Å²) in [7, 11) is 1.73. The Kier molecular flexibility index (Phi) is 9.13. The first kappa shape index (κ1) is 25.0. The Labute approximate surface area is 209 Å². The monoisotopic (exact) mass is 514 g/mol. The number of rotatable bonds is 10. The minimum atomic E-state index is 0.109. The van der Waals surface area contributed by atoms with E-state index in [9.17, 15) is 5.11 Å². The molecule has 4 nitrogen and oxygen atoms in total. The van der Waals surface area contributed by atoms with Crippen LogP contribution in [0.5, 0.6) is 5.75 Å². The van der Waals surface area contributed by atoms with E-state index < -0.39 is 0 Å². The Balaban J connectivity index is 1.33. The first-order valence-corrected chi connectivity index (χ1v) is 14.9. The van der Waals surface area contributed by atoms with Crippen molar-refractivity contribution in [2.75, 3.05) is 33.4 Å². The zero-order chi connectivity index (χ0) is 23.1. The number of aryl methyl sites for hydroxylation is 1. The van der Waals surface area contributed by atoms with Gasteiger partial charge in [-0.05, 0) is 5.92 Å². The Hall–Kier alpha value is -1.09. The van der Waals surface area contributed by atoms with Crippen molar-refractivity contribution in [1.29, 1.82) is 0 Å². The number of hydrogen-bond acceptors (Lipinski definition) is 4. The van der Waals surface area contributed by atoms with E-state index in [-0.39, 0.29) is 5.41 Å². The second kappa shape index (κ2) is 12.0. The van der Waals surface area contributed by atoms with E-state index in [1.54, 1.807) is 24.0 Å². The van der Waals surface area contributed by atoms with Crippen LogP contribution in [-0.2, 0) is 11.6 Å². The fraction of sp³-hybridized carbons (Fsp3) is 0.679. The first-order chi connectivity index (χ1) is 16.2. The summed E-state index contributed by atoms with van der Waals surface area (Å²) in [5.74, 6) is 1.86. The fourth-order valence-electron chi connectivity index (χ4n) is 6.09. The Morgan fingerprint density at radius 3 is 2.67 bits per heavy atom. The number of aromatic nitrogens is 1. The van der Waals surface area contributed by atoms with Crippen LogP contribution in [0.1, 0.15) is 75.3 Å². The number of aliphatic hydroxyl groups excluding tert-OH is 1. The molecule has 5 heteroatoms. The van der Waals surface area contributed by atoms with E-state index in [1.165, 1.54) is 61.6 Å². The van der Waals surface area contributed by atoms with Gasteiger partial charge in [0.2, 0.25) is 0 Å². The summed E-state index contributed by atoms with van der Waals surface area (Å²) in [5.41, 5.74) is 3.96. The van der Waals surface area contributed by atoms with Crippen molar-refractivity contribution in [1.82, 2.24) is 9.88 Å². The molecule has 0 amide bonds. The zero-order valence-corrected chi connectivity index (χ0v) is 23.0. The number of likely N-dealkylation sites (tertiary alicyclic amines) is 1. The van der Waals surface area contributed by atoms with Crippen LogP contribution in [0.15, 0.2) is 24.4 Å². The van der Waals surface area contributed by atoms with Crippen molar-refractivity contribution in [2.45, 2.75) is 75.8 Å². The predicted octanol–water partition coefficient (Wildman–Crippen LogP) is 4.74. The molecule has 4 rings (SSSR count). The normalized spacial score (nSPS) is 19.7. The molecule has 182 valence electrons. The molecule has 33 heavy (non-hydrogen) atoms. The van der Waals surface area contributed by atoms with E-state index >= 15 is 0 Å². The minimum absolute atomic E-state index is 0.109.